The van der Waals surface area contributed by atoms with Gasteiger partial charge in [-0.3, -0.25) is 0 Å². The molecule has 3 atom stereocenters. The van der Waals surface area contributed by atoms with E-state index in [4.69, 9.17) is 0 Å². The first-order chi connectivity index (χ1) is 20.5. The van der Waals surface area contributed by atoms with Gasteiger partial charge in [0.05, 0.1) is 12.2 Å². The first kappa shape index (κ1) is 39.1. The molecular formula is C42H62O2. The van der Waals surface area contributed by atoms with Crippen LogP contribution in [-0.4, -0.2) is 22.4 Å². The Hall–Kier alpha value is -2.94. The second-order valence-corrected chi connectivity index (χ2v) is 14.0. The smallest absolute Gasteiger partial charge is 0.0729 e. The van der Waals surface area contributed by atoms with E-state index in [2.05, 4.69) is 155 Å². The van der Waals surface area contributed by atoms with Gasteiger partial charge in [0, 0.05) is 5.92 Å². The van der Waals surface area contributed by atoms with Crippen LogP contribution in [0.5, 0.6) is 0 Å². The summed E-state index contributed by atoms with van der Waals surface area (Å²) in [6.07, 6.45) is 33.8. The van der Waals surface area contributed by atoms with E-state index in [0.29, 0.717) is 5.92 Å². The molecule has 0 radical (unpaired) electrons. The molecule has 2 aliphatic rings. The van der Waals surface area contributed by atoms with Gasteiger partial charge in [-0.15, -0.1) is 0 Å². The summed E-state index contributed by atoms with van der Waals surface area (Å²) in [5, 5.41) is 19.8. The number of aliphatic hydroxyl groups is 2. The molecule has 2 N–H and O–H groups in total. The van der Waals surface area contributed by atoms with Gasteiger partial charge in [0.1, 0.15) is 0 Å². The van der Waals surface area contributed by atoms with E-state index in [1.54, 1.807) is 0 Å². The monoisotopic (exact) mass is 598 g/mol. The third kappa shape index (κ3) is 14.2. The molecule has 2 heteroatoms. The molecule has 0 fully saturated rings. The van der Waals surface area contributed by atoms with Crippen molar-refractivity contribution in [2.75, 3.05) is 0 Å². The first-order valence-electron chi connectivity index (χ1n) is 16.3. The standard InChI is InChI=1S/C27H38O.C15H24O/c1-8-12-21(2)13-9-10-14-22(3)15-11-16-23(4)17-18-26-24(5)19-25(28)20-27(26,6)7;1-6-11(2)7-8-14-12(3)9-13(16)10-15(14,4)5/h8-18,25,28H,19-20H2,1-7H3;6-9,13-14,16H,10H2,1-5H3/b10-9+,12-8+,15-11+,18-17+,21-13+,22-14+,23-16+;8-7+,11-6+/t25-;13-,14-/m10/s1. The summed E-state index contributed by atoms with van der Waals surface area (Å²) in [4.78, 5) is 0. The molecule has 0 aromatic heterocycles. The van der Waals surface area contributed by atoms with Gasteiger partial charge in [0.25, 0.3) is 0 Å². The van der Waals surface area contributed by atoms with Crippen molar-refractivity contribution >= 4 is 0 Å². The third-order valence-electron chi connectivity index (χ3n) is 8.50. The molecule has 0 heterocycles. The normalized spacial score (nSPS) is 25.5. The molecule has 2 rings (SSSR count). The minimum absolute atomic E-state index is 0.0275. The minimum Gasteiger partial charge on any atom is -0.393 e. The van der Waals surface area contributed by atoms with Gasteiger partial charge in [-0.2, -0.15) is 0 Å². The van der Waals surface area contributed by atoms with Gasteiger partial charge >= 0.3 is 0 Å². The molecule has 0 saturated carbocycles. The largest absolute Gasteiger partial charge is 0.393 e. The molecule has 44 heavy (non-hydrogen) atoms. The zero-order chi connectivity index (χ0) is 33.5. The number of hydrogen-bond acceptors (Lipinski definition) is 2. The zero-order valence-corrected chi connectivity index (χ0v) is 29.9. The van der Waals surface area contributed by atoms with E-state index < -0.39 is 0 Å². The van der Waals surface area contributed by atoms with E-state index in [1.165, 1.54) is 39.0 Å². The second-order valence-electron chi connectivity index (χ2n) is 14.0. The number of hydrogen-bond donors (Lipinski definition) is 2. The maximum absolute atomic E-state index is 10.0. The second kappa shape index (κ2) is 18.8. The number of aliphatic hydroxyl groups excluding tert-OH is 2. The van der Waals surface area contributed by atoms with Crippen molar-refractivity contribution in [1.82, 2.24) is 0 Å². The third-order valence-corrected chi connectivity index (χ3v) is 8.50. The topological polar surface area (TPSA) is 40.5 Å². The lowest BCUT2D eigenvalue weighted by molar-refractivity contribution is 0.116. The van der Waals surface area contributed by atoms with Crippen LogP contribution in [-0.2, 0) is 0 Å². The Balaban J connectivity index is 0.000000511. The Morgan fingerprint density at radius 2 is 1.32 bits per heavy atom. The highest BCUT2D eigenvalue weighted by atomic mass is 16.3. The molecule has 0 spiro atoms. The summed E-state index contributed by atoms with van der Waals surface area (Å²) in [7, 11) is 0. The highest BCUT2D eigenvalue weighted by Crippen LogP contribution is 2.42. The van der Waals surface area contributed by atoms with Crippen molar-refractivity contribution < 1.29 is 10.2 Å². The van der Waals surface area contributed by atoms with Crippen molar-refractivity contribution in [2.45, 2.75) is 115 Å². The van der Waals surface area contributed by atoms with Crippen LogP contribution in [0.2, 0.25) is 0 Å². The minimum atomic E-state index is -0.275. The van der Waals surface area contributed by atoms with Gasteiger partial charge in [0.15, 0.2) is 0 Å². The fraction of sp³-hybridized carbons (Fsp3) is 0.476. The molecule has 0 bridgehead atoms. The van der Waals surface area contributed by atoms with E-state index in [0.717, 1.165) is 19.3 Å². The van der Waals surface area contributed by atoms with E-state index in [-0.39, 0.29) is 23.0 Å². The van der Waals surface area contributed by atoms with E-state index in [1.807, 2.05) is 19.1 Å². The van der Waals surface area contributed by atoms with Crippen LogP contribution in [0, 0.1) is 16.7 Å². The van der Waals surface area contributed by atoms with Crippen molar-refractivity contribution in [3.63, 3.8) is 0 Å². The summed E-state index contributed by atoms with van der Waals surface area (Å²) in [5.41, 5.74) is 9.06. The Morgan fingerprint density at radius 1 is 0.750 bits per heavy atom. The zero-order valence-electron chi connectivity index (χ0n) is 29.9. The molecule has 0 aromatic rings. The quantitative estimate of drug-likeness (QED) is 0.205. The van der Waals surface area contributed by atoms with Crippen LogP contribution in [0.25, 0.3) is 0 Å². The summed E-state index contributed by atoms with van der Waals surface area (Å²) in [6.45, 7) is 25.7. The Kier molecular flexibility index (Phi) is 16.7. The first-order valence-corrected chi connectivity index (χ1v) is 16.3. The molecule has 0 saturated heterocycles. The fourth-order valence-electron chi connectivity index (χ4n) is 6.10. The summed E-state index contributed by atoms with van der Waals surface area (Å²) < 4.78 is 0. The van der Waals surface area contributed by atoms with Crippen LogP contribution in [0.3, 0.4) is 0 Å². The lowest BCUT2D eigenvalue weighted by atomic mass is 9.67. The van der Waals surface area contributed by atoms with Crippen LogP contribution >= 0.6 is 0 Å². The molecule has 0 aliphatic heterocycles. The lowest BCUT2D eigenvalue weighted by Gasteiger charge is -2.38. The summed E-state index contributed by atoms with van der Waals surface area (Å²) >= 11 is 0. The Bertz CT molecular complexity index is 1270. The SMILES string of the molecule is C/C=C(C)/C=C/[C@H]1C(C)=C[C@H](O)CC1(C)C.C/C=C/C(C)=C/C=C/C=C(C)/C=C/C=C(C)/C=C/C1=C(C)C[C@@H](O)CC1(C)C. The average molecular weight is 599 g/mol. The van der Waals surface area contributed by atoms with Crippen LogP contribution in [0.1, 0.15) is 102 Å². The van der Waals surface area contributed by atoms with Crippen LogP contribution < -0.4 is 0 Å². The van der Waals surface area contributed by atoms with Crippen LogP contribution in [0.4, 0.5) is 0 Å². The van der Waals surface area contributed by atoms with Crippen molar-refractivity contribution in [2.24, 2.45) is 16.7 Å². The van der Waals surface area contributed by atoms with E-state index in [9.17, 15) is 10.2 Å². The highest BCUT2D eigenvalue weighted by Gasteiger charge is 2.34. The molecular weight excluding hydrogens is 536 g/mol. The number of rotatable bonds is 9. The lowest BCUT2D eigenvalue weighted by Crippen LogP contribution is -2.32. The predicted octanol–water partition coefficient (Wildman–Crippen LogP) is 11.4. The number of allylic oxidation sites excluding steroid dienone is 20. The van der Waals surface area contributed by atoms with Crippen molar-refractivity contribution in [3.05, 3.63) is 130 Å². The van der Waals surface area contributed by atoms with Gasteiger partial charge in [-0.1, -0.05) is 152 Å². The maximum atomic E-state index is 10.0. The fourth-order valence-corrected chi connectivity index (χ4v) is 6.10. The Morgan fingerprint density at radius 3 is 1.86 bits per heavy atom. The predicted molar refractivity (Wildman–Crippen MR) is 195 cm³/mol. The average Bonchev–Trinajstić information content (AvgIpc) is 2.89. The van der Waals surface area contributed by atoms with Crippen LogP contribution in [0.15, 0.2) is 130 Å². The van der Waals surface area contributed by atoms with Gasteiger partial charge in [0.2, 0.25) is 0 Å². The van der Waals surface area contributed by atoms with Gasteiger partial charge < -0.3 is 10.2 Å². The summed E-state index contributed by atoms with van der Waals surface area (Å²) in [6, 6.07) is 0. The maximum Gasteiger partial charge on any atom is 0.0729 e. The molecule has 242 valence electrons. The highest BCUT2D eigenvalue weighted by molar-refractivity contribution is 5.38. The molecule has 2 nitrogen and oxygen atoms in total. The Labute approximate surface area is 271 Å². The van der Waals surface area contributed by atoms with E-state index >= 15 is 0 Å². The molecule has 0 aromatic carbocycles. The van der Waals surface area contributed by atoms with Gasteiger partial charge in [-0.25, -0.2) is 0 Å². The molecule has 0 unspecified atom stereocenters. The molecule has 2 aliphatic carbocycles. The summed E-state index contributed by atoms with van der Waals surface area (Å²) in [5.74, 6) is 0.436. The van der Waals surface area contributed by atoms with Crippen molar-refractivity contribution in [3.8, 4) is 0 Å². The van der Waals surface area contributed by atoms with Gasteiger partial charge in [-0.05, 0) is 91.1 Å². The van der Waals surface area contributed by atoms with Crippen molar-refractivity contribution in [1.29, 1.82) is 0 Å². The molecule has 0 amide bonds.